The van der Waals surface area contributed by atoms with E-state index < -0.39 is 0 Å². The van der Waals surface area contributed by atoms with E-state index in [1.165, 1.54) is 4.88 Å². The Morgan fingerprint density at radius 1 is 1.23 bits per heavy atom. The first-order valence-corrected chi connectivity index (χ1v) is 9.45. The Balaban J connectivity index is 1.71. The molecule has 3 rings (SSSR count). The summed E-state index contributed by atoms with van der Waals surface area (Å²) in [6, 6.07) is 13.3. The largest absolute Gasteiger partial charge is 0.492 e. The number of anilines is 1. The number of rotatable bonds is 8. The highest BCUT2D eigenvalue weighted by Crippen LogP contribution is 2.24. The summed E-state index contributed by atoms with van der Waals surface area (Å²) in [5, 5.41) is 5.02. The molecule has 0 fully saturated rings. The first-order valence-electron chi connectivity index (χ1n) is 8.57. The lowest BCUT2D eigenvalue weighted by Crippen LogP contribution is -2.36. The lowest BCUT2D eigenvalue weighted by atomic mass is 10.2. The highest BCUT2D eigenvalue weighted by Gasteiger charge is 2.17. The van der Waals surface area contributed by atoms with Crippen LogP contribution in [0, 0.1) is 0 Å². The van der Waals surface area contributed by atoms with Gasteiger partial charge in [0.05, 0.1) is 31.4 Å². The van der Waals surface area contributed by atoms with Crippen molar-refractivity contribution in [2.75, 3.05) is 18.5 Å². The number of ether oxygens (including phenoxy) is 1. The van der Waals surface area contributed by atoms with Crippen LogP contribution in [0.25, 0.3) is 0 Å². The second-order valence-corrected chi connectivity index (χ2v) is 6.77. The highest BCUT2D eigenvalue weighted by molar-refractivity contribution is 7.09. The molecule has 6 heteroatoms. The number of thiophene rings is 1. The molecule has 0 spiro atoms. The molecular weight excluding hydrogens is 348 g/mol. The monoisotopic (exact) mass is 370 g/mol. The Bertz CT molecular complexity index is 800. The van der Waals surface area contributed by atoms with E-state index in [1.54, 1.807) is 28.8 Å². The van der Waals surface area contributed by atoms with Crippen LogP contribution in [0.3, 0.4) is 0 Å². The number of amides is 2. The lowest BCUT2D eigenvalue weighted by molar-refractivity contribution is 0.209. The molecule has 2 heterocycles. The van der Waals surface area contributed by atoms with Gasteiger partial charge in [0.15, 0.2) is 0 Å². The maximum atomic E-state index is 12.9. The molecule has 0 aliphatic rings. The number of hydrogen-bond donors (Lipinski definition) is 1. The average molecular weight is 370 g/mol. The third kappa shape index (κ3) is 4.89. The van der Waals surface area contributed by atoms with Crippen molar-refractivity contribution in [2.24, 2.45) is 0 Å². The molecule has 136 valence electrons. The number of nitrogens with one attached hydrogen (secondary N) is 1. The van der Waals surface area contributed by atoms with E-state index in [0.717, 1.165) is 12.0 Å². The van der Waals surface area contributed by atoms with Gasteiger partial charge in [-0.1, -0.05) is 18.2 Å². The van der Waals surface area contributed by atoms with Crippen LogP contribution >= 0.6 is 11.3 Å². The van der Waals surface area contributed by atoms with Gasteiger partial charge in [0.25, 0.3) is 0 Å². The topological polar surface area (TPSA) is 54.7 Å². The Labute approximate surface area is 157 Å². The summed E-state index contributed by atoms with van der Waals surface area (Å²) >= 11 is 1.70. The van der Waals surface area contributed by atoms with Crippen molar-refractivity contribution >= 4 is 23.1 Å². The predicted molar refractivity (Wildman–Crippen MR) is 104 cm³/mol. The van der Waals surface area contributed by atoms with Crippen LogP contribution < -0.4 is 10.1 Å². The predicted octanol–water partition coefficient (Wildman–Crippen LogP) is 5.02. The van der Waals surface area contributed by atoms with Gasteiger partial charge in [0.2, 0.25) is 0 Å². The van der Waals surface area contributed by atoms with Gasteiger partial charge in [-0.25, -0.2) is 4.79 Å². The zero-order valence-electron chi connectivity index (χ0n) is 14.7. The molecule has 0 atom stereocenters. The highest BCUT2D eigenvalue weighted by atomic mass is 32.1. The number of carbonyl (C=O) groups is 1. The molecule has 0 saturated heterocycles. The molecule has 0 bridgehead atoms. The van der Waals surface area contributed by atoms with Gasteiger partial charge in [-0.2, -0.15) is 0 Å². The second-order valence-electron chi connectivity index (χ2n) is 5.74. The van der Waals surface area contributed by atoms with E-state index in [4.69, 9.17) is 9.15 Å². The SMILES string of the molecule is CCOc1ccccc1NC(=O)N(CCc1cccs1)Cc1ccoc1. The third-order valence-corrected chi connectivity index (χ3v) is 4.81. The Morgan fingerprint density at radius 3 is 2.85 bits per heavy atom. The summed E-state index contributed by atoms with van der Waals surface area (Å²) in [5.74, 6) is 0.671. The molecule has 0 saturated carbocycles. The number of benzene rings is 1. The summed E-state index contributed by atoms with van der Waals surface area (Å²) < 4.78 is 10.7. The average Bonchev–Trinajstić information content (AvgIpc) is 3.34. The Morgan fingerprint density at radius 2 is 2.12 bits per heavy atom. The normalized spacial score (nSPS) is 10.5. The molecule has 0 aliphatic carbocycles. The van der Waals surface area contributed by atoms with Crippen LogP contribution in [-0.2, 0) is 13.0 Å². The van der Waals surface area contributed by atoms with Crippen molar-refractivity contribution in [3.8, 4) is 5.75 Å². The molecule has 0 radical (unpaired) electrons. The number of carbonyl (C=O) groups excluding carboxylic acids is 1. The molecule has 3 aromatic rings. The number of para-hydroxylation sites is 2. The molecule has 0 unspecified atom stereocenters. The summed E-state index contributed by atoms with van der Waals surface area (Å²) in [4.78, 5) is 15.9. The summed E-state index contributed by atoms with van der Waals surface area (Å²) in [5.41, 5.74) is 1.64. The van der Waals surface area contributed by atoms with E-state index >= 15 is 0 Å². The molecule has 2 amide bonds. The number of nitrogens with zero attached hydrogens (tertiary/aromatic N) is 1. The van der Waals surface area contributed by atoms with Gasteiger partial charge >= 0.3 is 6.03 Å². The van der Waals surface area contributed by atoms with Crippen LogP contribution in [-0.4, -0.2) is 24.1 Å². The first kappa shape index (κ1) is 18.1. The Kier molecular flexibility index (Phi) is 6.33. The quantitative estimate of drug-likeness (QED) is 0.606. The summed E-state index contributed by atoms with van der Waals surface area (Å²) in [6.45, 7) is 3.58. The van der Waals surface area contributed by atoms with Crippen molar-refractivity contribution < 1.29 is 13.9 Å². The minimum Gasteiger partial charge on any atom is -0.492 e. The molecule has 2 aromatic heterocycles. The van der Waals surface area contributed by atoms with Crippen molar-refractivity contribution in [3.63, 3.8) is 0 Å². The maximum Gasteiger partial charge on any atom is 0.322 e. The summed E-state index contributed by atoms with van der Waals surface area (Å²) in [7, 11) is 0. The molecule has 5 nitrogen and oxygen atoms in total. The van der Waals surface area contributed by atoms with Crippen molar-refractivity contribution in [1.82, 2.24) is 4.90 Å². The van der Waals surface area contributed by atoms with Gasteiger partial charge in [0, 0.05) is 17.0 Å². The smallest absolute Gasteiger partial charge is 0.322 e. The molecule has 0 aliphatic heterocycles. The van der Waals surface area contributed by atoms with Crippen molar-refractivity contribution in [1.29, 1.82) is 0 Å². The van der Waals surface area contributed by atoms with E-state index in [2.05, 4.69) is 11.4 Å². The lowest BCUT2D eigenvalue weighted by Gasteiger charge is -2.23. The minimum atomic E-state index is -0.157. The van der Waals surface area contributed by atoms with Crippen LogP contribution in [0.4, 0.5) is 10.5 Å². The zero-order chi connectivity index (χ0) is 18.2. The molecule has 1 aromatic carbocycles. The van der Waals surface area contributed by atoms with Crippen LogP contribution in [0.5, 0.6) is 5.75 Å². The van der Waals surface area contributed by atoms with Crippen molar-refractivity contribution in [2.45, 2.75) is 19.9 Å². The second kappa shape index (κ2) is 9.10. The van der Waals surface area contributed by atoms with Gasteiger partial charge in [-0.05, 0) is 43.0 Å². The summed E-state index contributed by atoms with van der Waals surface area (Å²) in [6.07, 6.45) is 4.10. The maximum absolute atomic E-state index is 12.9. The fourth-order valence-corrected chi connectivity index (χ4v) is 3.30. The molecule has 26 heavy (non-hydrogen) atoms. The van der Waals surface area contributed by atoms with Gasteiger partial charge in [-0.3, -0.25) is 0 Å². The fraction of sp³-hybridized carbons (Fsp3) is 0.250. The Hall–Kier alpha value is -2.73. The van der Waals surface area contributed by atoms with E-state index in [0.29, 0.717) is 31.1 Å². The number of urea groups is 1. The van der Waals surface area contributed by atoms with Crippen LogP contribution in [0.2, 0.25) is 0 Å². The van der Waals surface area contributed by atoms with Crippen molar-refractivity contribution in [3.05, 3.63) is 70.8 Å². The van der Waals surface area contributed by atoms with Gasteiger partial charge in [-0.15, -0.1) is 11.3 Å². The van der Waals surface area contributed by atoms with E-state index in [1.807, 2.05) is 48.7 Å². The zero-order valence-corrected chi connectivity index (χ0v) is 15.5. The third-order valence-electron chi connectivity index (χ3n) is 3.88. The fourth-order valence-electron chi connectivity index (χ4n) is 2.60. The van der Waals surface area contributed by atoms with E-state index in [-0.39, 0.29) is 6.03 Å². The standard InChI is InChI=1S/C20H22N2O3S/c1-2-25-19-8-4-3-7-18(19)21-20(23)22(14-16-10-12-24-15-16)11-9-17-6-5-13-26-17/h3-8,10,12-13,15H,2,9,11,14H2,1H3,(H,21,23). The number of hydrogen-bond acceptors (Lipinski definition) is 4. The van der Waals surface area contributed by atoms with Crippen LogP contribution in [0.1, 0.15) is 17.4 Å². The molecular formula is C20H22N2O3S. The number of furan rings is 1. The first-order chi connectivity index (χ1) is 12.8. The van der Waals surface area contributed by atoms with Gasteiger partial charge in [0.1, 0.15) is 5.75 Å². The minimum absolute atomic E-state index is 0.157. The van der Waals surface area contributed by atoms with Crippen LogP contribution in [0.15, 0.2) is 64.8 Å². The van der Waals surface area contributed by atoms with Gasteiger partial charge < -0.3 is 19.4 Å². The van der Waals surface area contributed by atoms with E-state index in [9.17, 15) is 4.79 Å². The molecule has 1 N–H and O–H groups in total.